The molecule has 0 aliphatic carbocycles. The van der Waals surface area contributed by atoms with Crippen LogP contribution in [0.25, 0.3) is 22.4 Å². The summed E-state index contributed by atoms with van der Waals surface area (Å²) in [5.41, 5.74) is 5.58. The average molecular weight is 367 g/mol. The molecule has 0 amide bonds. The highest BCUT2D eigenvalue weighted by molar-refractivity contribution is 5.70. The lowest BCUT2D eigenvalue weighted by atomic mass is 9.77. The Kier molecular flexibility index (Phi) is 3.94. The maximum atomic E-state index is 8.08. The maximum absolute atomic E-state index is 8.08. The topological polar surface area (TPSA) is 12.9 Å². The van der Waals surface area contributed by atoms with E-state index in [0.717, 1.165) is 16.7 Å². The Balaban J connectivity index is 1.80. The van der Waals surface area contributed by atoms with E-state index in [1.807, 2.05) is 60.7 Å². The zero-order chi connectivity index (χ0) is 22.1. The number of aromatic nitrogens is 1. The maximum Gasteiger partial charge on any atom is 0.0705 e. The summed E-state index contributed by atoms with van der Waals surface area (Å²) in [5, 5.41) is 0. The van der Waals surface area contributed by atoms with Crippen molar-refractivity contribution in [1.29, 1.82) is 0 Å². The van der Waals surface area contributed by atoms with Crippen molar-refractivity contribution in [2.24, 2.45) is 0 Å². The van der Waals surface area contributed by atoms with Gasteiger partial charge in [-0.3, -0.25) is 4.98 Å². The van der Waals surface area contributed by atoms with Gasteiger partial charge in [-0.1, -0.05) is 92.7 Å². The van der Waals surface area contributed by atoms with Gasteiger partial charge in [0.05, 0.1) is 5.69 Å². The Morgan fingerprint density at radius 1 is 0.714 bits per heavy atom. The molecule has 4 rings (SSSR count). The van der Waals surface area contributed by atoms with Crippen molar-refractivity contribution < 1.29 is 4.11 Å². The normalized spacial score (nSPS) is 13.4. The summed E-state index contributed by atoms with van der Waals surface area (Å²) in [6, 6.07) is 29.9. The molecule has 0 saturated heterocycles. The minimum atomic E-state index is -2.23. The van der Waals surface area contributed by atoms with E-state index >= 15 is 0 Å². The molecule has 1 heterocycles. The molecule has 1 heteroatoms. The monoisotopic (exact) mass is 366 g/mol. The Hall–Kier alpha value is -3.19. The van der Waals surface area contributed by atoms with Crippen LogP contribution in [0.15, 0.2) is 97.2 Å². The van der Waals surface area contributed by atoms with Crippen molar-refractivity contribution in [3.63, 3.8) is 0 Å². The molecule has 1 aromatic heterocycles. The van der Waals surface area contributed by atoms with Crippen LogP contribution in [0.5, 0.6) is 0 Å². The molecular weight excluding hydrogens is 338 g/mol. The number of benzene rings is 3. The summed E-state index contributed by atoms with van der Waals surface area (Å²) in [6.07, 6.45) is 1.68. The summed E-state index contributed by atoms with van der Waals surface area (Å²) >= 11 is 0. The SMILES string of the molecule is [2H]C([2H])([2H])c1cc(-c2cccc(C(C)(C)c3ccccc3)c2)ncc1-c1ccccc1. The first-order valence-corrected chi connectivity index (χ1v) is 9.49. The quantitative estimate of drug-likeness (QED) is 0.377. The Morgan fingerprint density at radius 3 is 2.07 bits per heavy atom. The molecule has 0 bridgehead atoms. The second-order valence-electron chi connectivity index (χ2n) is 7.55. The molecule has 0 unspecified atom stereocenters. The second kappa shape index (κ2) is 7.44. The number of hydrogen-bond acceptors (Lipinski definition) is 1. The molecule has 0 radical (unpaired) electrons. The highest BCUT2D eigenvalue weighted by atomic mass is 14.7. The molecule has 0 aliphatic heterocycles. The van der Waals surface area contributed by atoms with Gasteiger partial charge in [0, 0.05) is 26.9 Å². The standard InChI is InChI=1S/C27H25N/c1-20-17-26(28-19-25(20)21-11-6-4-7-12-21)22-13-10-16-24(18-22)27(2,3)23-14-8-5-9-15-23/h4-19H,1-3H3/i1D3. The molecule has 0 spiro atoms. The highest BCUT2D eigenvalue weighted by Gasteiger charge is 2.23. The number of hydrogen-bond donors (Lipinski definition) is 0. The fraction of sp³-hybridized carbons (Fsp3) is 0.148. The zero-order valence-corrected chi connectivity index (χ0v) is 16.2. The van der Waals surface area contributed by atoms with Crippen LogP contribution in [0.3, 0.4) is 0 Å². The van der Waals surface area contributed by atoms with Crippen LogP contribution in [0, 0.1) is 6.85 Å². The Labute approximate surface area is 171 Å². The van der Waals surface area contributed by atoms with Gasteiger partial charge in [0.25, 0.3) is 0 Å². The van der Waals surface area contributed by atoms with Gasteiger partial charge in [0.15, 0.2) is 0 Å². The van der Waals surface area contributed by atoms with Crippen molar-refractivity contribution in [2.45, 2.75) is 26.1 Å². The summed E-state index contributed by atoms with van der Waals surface area (Å²) in [7, 11) is 0. The Morgan fingerprint density at radius 2 is 1.36 bits per heavy atom. The molecule has 0 N–H and O–H groups in total. The van der Waals surface area contributed by atoms with Crippen molar-refractivity contribution in [3.05, 3.63) is 114 Å². The van der Waals surface area contributed by atoms with E-state index in [0.29, 0.717) is 16.8 Å². The van der Waals surface area contributed by atoms with Crippen LogP contribution < -0.4 is 0 Å². The fourth-order valence-corrected chi connectivity index (χ4v) is 3.55. The third-order valence-electron chi connectivity index (χ3n) is 5.36. The smallest absolute Gasteiger partial charge is 0.0705 e. The van der Waals surface area contributed by atoms with Crippen LogP contribution in [0.1, 0.15) is 34.7 Å². The van der Waals surface area contributed by atoms with E-state index in [1.165, 1.54) is 5.56 Å². The summed E-state index contributed by atoms with van der Waals surface area (Å²) in [6.45, 7) is 2.16. The van der Waals surface area contributed by atoms with Crippen molar-refractivity contribution in [1.82, 2.24) is 4.98 Å². The zero-order valence-electron chi connectivity index (χ0n) is 19.2. The van der Waals surface area contributed by atoms with Crippen molar-refractivity contribution >= 4 is 0 Å². The second-order valence-corrected chi connectivity index (χ2v) is 7.55. The van der Waals surface area contributed by atoms with Crippen LogP contribution in [-0.2, 0) is 5.41 Å². The molecule has 0 aliphatic rings. The predicted molar refractivity (Wildman–Crippen MR) is 118 cm³/mol. The number of rotatable bonds is 4. The minimum Gasteiger partial charge on any atom is -0.256 e. The predicted octanol–water partition coefficient (Wildman–Crippen LogP) is 7.05. The van der Waals surface area contributed by atoms with Crippen LogP contribution in [0.4, 0.5) is 0 Å². The van der Waals surface area contributed by atoms with E-state index in [1.54, 1.807) is 12.3 Å². The fourth-order valence-electron chi connectivity index (χ4n) is 3.55. The first-order chi connectivity index (χ1) is 14.8. The van der Waals surface area contributed by atoms with Crippen LogP contribution >= 0.6 is 0 Å². The number of nitrogens with zero attached hydrogens (tertiary/aromatic N) is 1. The van der Waals surface area contributed by atoms with Gasteiger partial charge < -0.3 is 0 Å². The summed E-state index contributed by atoms with van der Waals surface area (Å²) in [5.74, 6) is 0. The van der Waals surface area contributed by atoms with E-state index in [2.05, 4.69) is 43.1 Å². The average Bonchev–Trinajstić information content (AvgIpc) is 2.79. The first kappa shape index (κ1) is 14.8. The van der Waals surface area contributed by atoms with Gasteiger partial charge >= 0.3 is 0 Å². The molecular formula is C27H25N. The van der Waals surface area contributed by atoms with Crippen LogP contribution in [-0.4, -0.2) is 4.98 Å². The molecule has 0 fully saturated rings. The number of aryl methyl sites for hydroxylation is 1. The van der Waals surface area contributed by atoms with Gasteiger partial charge in [-0.2, -0.15) is 0 Å². The van der Waals surface area contributed by atoms with E-state index in [9.17, 15) is 0 Å². The summed E-state index contributed by atoms with van der Waals surface area (Å²) in [4.78, 5) is 4.65. The van der Waals surface area contributed by atoms with Crippen molar-refractivity contribution in [3.8, 4) is 22.4 Å². The van der Waals surface area contributed by atoms with Gasteiger partial charge in [-0.05, 0) is 41.2 Å². The first-order valence-electron chi connectivity index (χ1n) is 11.0. The van der Waals surface area contributed by atoms with E-state index in [4.69, 9.17) is 4.11 Å². The van der Waals surface area contributed by atoms with E-state index in [-0.39, 0.29) is 5.41 Å². The molecule has 3 aromatic carbocycles. The highest BCUT2D eigenvalue weighted by Crippen LogP contribution is 2.34. The van der Waals surface area contributed by atoms with Gasteiger partial charge in [0.2, 0.25) is 0 Å². The Bertz CT molecular complexity index is 1180. The molecule has 0 saturated carbocycles. The largest absolute Gasteiger partial charge is 0.256 e. The molecule has 28 heavy (non-hydrogen) atoms. The number of pyridine rings is 1. The van der Waals surface area contributed by atoms with Gasteiger partial charge in [-0.15, -0.1) is 0 Å². The molecule has 4 aromatic rings. The molecule has 1 nitrogen and oxygen atoms in total. The minimum absolute atomic E-state index is 0.186. The lowest BCUT2D eigenvalue weighted by Crippen LogP contribution is -2.18. The van der Waals surface area contributed by atoms with Crippen molar-refractivity contribution in [2.75, 3.05) is 0 Å². The van der Waals surface area contributed by atoms with E-state index < -0.39 is 6.85 Å². The third-order valence-corrected chi connectivity index (χ3v) is 5.36. The van der Waals surface area contributed by atoms with Gasteiger partial charge in [-0.25, -0.2) is 0 Å². The summed E-state index contributed by atoms with van der Waals surface area (Å²) < 4.78 is 24.2. The molecule has 138 valence electrons. The van der Waals surface area contributed by atoms with Crippen LogP contribution in [0.2, 0.25) is 0 Å². The third kappa shape index (κ3) is 3.48. The van der Waals surface area contributed by atoms with Gasteiger partial charge in [0.1, 0.15) is 0 Å². The molecule has 0 atom stereocenters. The lowest BCUT2D eigenvalue weighted by Gasteiger charge is -2.26. The lowest BCUT2D eigenvalue weighted by molar-refractivity contribution is 0.641.